The van der Waals surface area contributed by atoms with Crippen LogP contribution >= 0.6 is 0 Å². The lowest BCUT2D eigenvalue weighted by Gasteiger charge is -2.13. The van der Waals surface area contributed by atoms with Crippen molar-refractivity contribution in [3.05, 3.63) is 0 Å². The Morgan fingerprint density at radius 2 is 1.89 bits per heavy atom. The molecule has 0 aromatic carbocycles. The van der Waals surface area contributed by atoms with Gasteiger partial charge in [-0.3, -0.25) is 0 Å². The van der Waals surface area contributed by atoms with Gasteiger partial charge in [0.2, 0.25) is 0 Å². The molecule has 0 aromatic heterocycles. The summed E-state index contributed by atoms with van der Waals surface area (Å²) in [6.45, 7) is -0.653. The summed E-state index contributed by atoms with van der Waals surface area (Å²) < 4.78 is 48.7. The molecule has 0 saturated carbocycles. The van der Waals surface area contributed by atoms with Gasteiger partial charge in [0, 0.05) is 0 Å². The van der Waals surface area contributed by atoms with Crippen molar-refractivity contribution >= 4 is 0 Å². The first-order valence-corrected chi connectivity index (χ1v) is 2.22. The second-order valence-corrected chi connectivity index (χ2v) is 1.46. The monoisotopic (exact) mass is 146 g/mol. The summed E-state index contributed by atoms with van der Waals surface area (Å²) in [5.41, 5.74) is 0. The van der Waals surface area contributed by atoms with E-state index >= 15 is 0 Å². The minimum absolute atomic E-state index is 0.750. The summed E-state index contributed by atoms with van der Waals surface area (Å²) in [7, 11) is 0. The van der Waals surface area contributed by atoms with Crippen LogP contribution in [0.3, 0.4) is 0 Å². The maximum absolute atomic E-state index is 11.3. The topological polar surface area (TPSA) is 9.23 Å². The third kappa shape index (κ3) is 3.29. The van der Waals surface area contributed by atoms with Gasteiger partial charge in [-0.05, 0) is 6.92 Å². The molecule has 0 radical (unpaired) electrons. The molecule has 5 heteroatoms. The highest BCUT2D eigenvalue weighted by molar-refractivity contribution is 4.58. The molecule has 0 spiro atoms. The predicted molar refractivity (Wildman–Crippen MR) is 22.6 cm³/mol. The molecule has 0 N–H and O–H groups in total. The lowest BCUT2D eigenvalue weighted by molar-refractivity contribution is -0.223. The lowest BCUT2D eigenvalue weighted by atomic mass is 10.4. The standard InChI is InChI=1S/C4H6F4O/c1-3(9-2-5)4(6,7)8/h3H,2H2,1H3. The van der Waals surface area contributed by atoms with Gasteiger partial charge >= 0.3 is 6.18 Å². The summed E-state index contributed by atoms with van der Waals surface area (Å²) in [4.78, 5) is 0. The van der Waals surface area contributed by atoms with E-state index in [9.17, 15) is 17.6 Å². The van der Waals surface area contributed by atoms with Crippen LogP contribution in [-0.2, 0) is 4.74 Å². The first-order valence-electron chi connectivity index (χ1n) is 2.22. The summed E-state index contributed by atoms with van der Waals surface area (Å²) in [6.07, 6.45) is -6.46. The Hall–Kier alpha value is -0.320. The largest absolute Gasteiger partial charge is 0.414 e. The molecule has 1 nitrogen and oxygen atoms in total. The van der Waals surface area contributed by atoms with Crippen LogP contribution < -0.4 is 0 Å². The van der Waals surface area contributed by atoms with Crippen LogP contribution in [0.5, 0.6) is 0 Å². The molecule has 0 saturated heterocycles. The third-order valence-corrected chi connectivity index (χ3v) is 0.774. The highest BCUT2D eigenvalue weighted by atomic mass is 19.4. The fourth-order valence-corrected chi connectivity index (χ4v) is 0.189. The van der Waals surface area contributed by atoms with E-state index in [-0.39, 0.29) is 0 Å². The van der Waals surface area contributed by atoms with Crippen molar-refractivity contribution in [3.63, 3.8) is 0 Å². The van der Waals surface area contributed by atoms with E-state index in [1.807, 2.05) is 0 Å². The summed E-state index contributed by atoms with van der Waals surface area (Å²) in [6, 6.07) is 0. The number of ether oxygens (including phenoxy) is 1. The second kappa shape index (κ2) is 3.00. The smallest absolute Gasteiger partial charge is 0.338 e. The molecule has 0 aliphatic heterocycles. The molecule has 0 aliphatic rings. The maximum atomic E-state index is 11.3. The molecule has 56 valence electrons. The van der Waals surface area contributed by atoms with Gasteiger partial charge in [0.05, 0.1) is 0 Å². The van der Waals surface area contributed by atoms with Crippen LogP contribution in [0.25, 0.3) is 0 Å². The number of halogens is 4. The zero-order valence-corrected chi connectivity index (χ0v) is 4.70. The van der Waals surface area contributed by atoms with Crippen LogP contribution in [0.2, 0.25) is 0 Å². The molecule has 0 fully saturated rings. The molecular weight excluding hydrogens is 140 g/mol. The first-order chi connectivity index (χ1) is 3.98. The van der Waals surface area contributed by atoms with Crippen molar-refractivity contribution in [3.8, 4) is 0 Å². The zero-order chi connectivity index (χ0) is 7.49. The van der Waals surface area contributed by atoms with Gasteiger partial charge in [-0.15, -0.1) is 0 Å². The highest BCUT2D eigenvalue weighted by Gasteiger charge is 2.36. The minimum atomic E-state index is -4.45. The third-order valence-electron chi connectivity index (χ3n) is 0.774. The Balaban J connectivity index is 3.59. The fourth-order valence-electron chi connectivity index (χ4n) is 0.189. The summed E-state index contributed by atoms with van der Waals surface area (Å²) in [5, 5.41) is 0. The Morgan fingerprint density at radius 1 is 1.44 bits per heavy atom. The Labute approximate surface area is 49.6 Å². The summed E-state index contributed by atoms with van der Waals surface area (Å²) >= 11 is 0. The Kier molecular flexibility index (Phi) is 2.90. The van der Waals surface area contributed by atoms with E-state index in [0.717, 1.165) is 6.92 Å². The van der Waals surface area contributed by atoms with E-state index in [0.29, 0.717) is 0 Å². The predicted octanol–water partition coefficient (Wildman–Crippen LogP) is 1.88. The van der Waals surface area contributed by atoms with E-state index in [1.165, 1.54) is 0 Å². The Bertz CT molecular complexity index is 79.1. The maximum Gasteiger partial charge on any atom is 0.414 e. The molecular formula is C4H6F4O. The fraction of sp³-hybridized carbons (Fsp3) is 1.00. The molecule has 0 rings (SSSR count). The minimum Gasteiger partial charge on any atom is -0.338 e. The van der Waals surface area contributed by atoms with Crippen molar-refractivity contribution in [2.24, 2.45) is 0 Å². The van der Waals surface area contributed by atoms with Crippen LogP contribution in [-0.4, -0.2) is 19.1 Å². The molecule has 0 aliphatic carbocycles. The van der Waals surface area contributed by atoms with E-state index < -0.39 is 19.1 Å². The zero-order valence-electron chi connectivity index (χ0n) is 4.70. The van der Waals surface area contributed by atoms with Crippen LogP contribution in [0.4, 0.5) is 17.6 Å². The van der Waals surface area contributed by atoms with Gasteiger partial charge in [0.25, 0.3) is 0 Å². The van der Waals surface area contributed by atoms with E-state index in [4.69, 9.17) is 0 Å². The van der Waals surface area contributed by atoms with Crippen LogP contribution in [0.1, 0.15) is 6.92 Å². The quantitative estimate of drug-likeness (QED) is 0.540. The van der Waals surface area contributed by atoms with E-state index in [2.05, 4.69) is 4.74 Å². The lowest BCUT2D eigenvalue weighted by Crippen LogP contribution is -2.28. The first kappa shape index (κ1) is 8.68. The second-order valence-electron chi connectivity index (χ2n) is 1.46. The van der Waals surface area contributed by atoms with Gasteiger partial charge in [0.15, 0.2) is 13.0 Å². The molecule has 1 atom stereocenters. The van der Waals surface area contributed by atoms with Crippen molar-refractivity contribution < 1.29 is 22.3 Å². The van der Waals surface area contributed by atoms with Crippen molar-refractivity contribution in [1.82, 2.24) is 0 Å². The number of hydrogen-bond acceptors (Lipinski definition) is 1. The van der Waals surface area contributed by atoms with Gasteiger partial charge in [-0.25, -0.2) is 4.39 Å². The molecule has 0 heterocycles. The summed E-state index contributed by atoms with van der Waals surface area (Å²) in [5.74, 6) is 0. The number of alkyl halides is 4. The molecule has 0 aromatic rings. The van der Waals surface area contributed by atoms with Crippen LogP contribution in [0, 0.1) is 0 Å². The molecule has 0 bridgehead atoms. The Morgan fingerprint density at radius 3 is 2.00 bits per heavy atom. The number of rotatable bonds is 2. The van der Waals surface area contributed by atoms with Crippen LogP contribution in [0.15, 0.2) is 0 Å². The normalized spacial score (nSPS) is 15.7. The number of hydrogen-bond donors (Lipinski definition) is 0. The van der Waals surface area contributed by atoms with E-state index in [1.54, 1.807) is 0 Å². The molecule has 9 heavy (non-hydrogen) atoms. The van der Waals surface area contributed by atoms with Crippen molar-refractivity contribution in [2.75, 3.05) is 6.86 Å². The van der Waals surface area contributed by atoms with Gasteiger partial charge in [-0.1, -0.05) is 0 Å². The van der Waals surface area contributed by atoms with Gasteiger partial charge in [-0.2, -0.15) is 13.2 Å². The average molecular weight is 146 g/mol. The van der Waals surface area contributed by atoms with Crippen molar-refractivity contribution in [2.45, 2.75) is 19.2 Å². The average Bonchev–Trinajstić information content (AvgIpc) is 1.64. The molecule has 1 unspecified atom stereocenters. The van der Waals surface area contributed by atoms with Gasteiger partial charge in [0.1, 0.15) is 0 Å². The van der Waals surface area contributed by atoms with Crippen molar-refractivity contribution in [1.29, 1.82) is 0 Å². The highest BCUT2D eigenvalue weighted by Crippen LogP contribution is 2.21. The molecule has 0 amide bonds. The SMILES string of the molecule is CC(OCF)C(F)(F)F. The van der Waals surface area contributed by atoms with Gasteiger partial charge < -0.3 is 4.74 Å².